The number of nitrogens with one attached hydrogen (secondary N) is 1. The molecule has 1 N–H and O–H groups in total. The molecule has 0 saturated heterocycles. The van der Waals surface area contributed by atoms with E-state index in [1.807, 2.05) is 26.0 Å². The van der Waals surface area contributed by atoms with E-state index in [4.69, 9.17) is 16.3 Å². The van der Waals surface area contributed by atoms with E-state index in [0.29, 0.717) is 33.8 Å². The molecule has 0 aliphatic rings. The summed E-state index contributed by atoms with van der Waals surface area (Å²) in [6, 6.07) is 12.4. The number of rotatable bonds is 5. The molecule has 3 rings (SSSR count). The number of nitrogens with zero attached hydrogens (tertiary/aromatic N) is 1. The molecule has 0 spiro atoms. The number of aromatic nitrogens is 1. The second kappa shape index (κ2) is 7.62. The largest absolute Gasteiger partial charge is 0.483 e. The summed E-state index contributed by atoms with van der Waals surface area (Å²) in [5.74, 6) is 0.198. The Morgan fingerprint density at radius 2 is 2.00 bits per heavy atom. The molecular weight excluding hydrogens is 352 g/mol. The molecule has 0 aliphatic carbocycles. The van der Waals surface area contributed by atoms with Crippen LogP contribution in [0.5, 0.6) is 5.75 Å². The van der Waals surface area contributed by atoms with E-state index < -0.39 is 0 Å². The van der Waals surface area contributed by atoms with Crippen molar-refractivity contribution in [2.24, 2.45) is 0 Å². The lowest BCUT2D eigenvalue weighted by atomic mass is 10.1. The number of ether oxygens (including phenoxy) is 1. The monoisotopic (exact) mass is 370 g/mol. The Morgan fingerprint density at radius 3 is 2.73 bits per heavy atom. The van der Waals surface area contributed by atoms with E-state index in [1.54, 1.807) is 41.1 Å². The standard InChI is InChI=1S/C20H19ClN2O3/c1-3-23-10-9-15-16(20(23)25)5-4-6-18(15)26-12-19(24)22-14-8-7-13(2)17(21)11-14/h4-11H,3,12H2,1-2H3,(H,22,24). The van der Waals surface area contributed by atoms with Crippen molar-refractivity contribution in [1.29, 1.82) is 0 Å². The van der Waals surface area contributed by atoms with Crippen LogP contribution in [0.2, 0.25) is 5.02 Å². The Bertz CT molecular complexity index is 1030. The third-order valence-electron chi connectivity index (χ3n) is 4.13. The first-order valence-electron chi connectivity index (χ1n) is 8.30. The fourth-order valence-electron chi connectivity index (χ4n) is 2.68. The van der Waals surface area contributed by atoms with Gasteiger partial charge in [0.15, 0.2) is 6.61 Å². The highest BCUT2D eigenvalue weighted by molar-refractivity contribution is 6.31. The normalized spacial score (nSPS) is 10.7. The van der Waals surface area contributed by atoms with Crippen molar-refractivity contribution < 1.29 is 9.53 Å². The van der Waals surface area contributed by atoms with Gasteiger partial charge in [0.25, 0.3) is 11.5 Å². The lowest BCUT2D eigenvalue weighted by Crippen LogP contribution is -2.21. The Morgan fingerprint density at radius 1 is 1.19 bits per heavy atom. The number of benzene rings is 2. The number of carbonyl (C=O) groups is 1. The van der Waals surface area contributed by atoms with Gasteiger partial charge in [-0.25, -0.2) is 0 Å². The minimum Gasteiger partial charge on any atom is -0.483 e. The predicted octanol–water partition coefficient (Wildman–Crippen LogP) is 4.00. The van der Waals surface area contributed by atoms with Gasteiger partial charge in [-0.1, -0.05) is 23.7 Å². The number of hydrogen-bond acceptors (Lipinski definition) is 3. The van der Waals surface area contributed by atoms with Crippen LogP contribution in [0, 0.1) is 6.92 Å². The number of aryl methyl sites for hydroxylation is 2. The minimum absolute atomic E-state index is 0.0748. The molecule has 3 aromatic rings. The maximum atomic E-state index is 12.4. The lowest BCUT2D eigenvalue weighted by Gasteiger charge is -2.11. The Balaban J connectivity index is 1.75. The number of pyridine rings is 1. The van der Waals surface area contributed by atoms with Gasteiger partial charge in [-0.15, -0.1) is 0 Å². The van der Waals surface area contributed by atoms with Crippen LogP contribution in [0.15, 0.2) is 53.5 Å². The topological polar surface area (TPSA) is 60.3 Å². The first kappa shape index (κ1) is 18.0. The maximum Gasteiger partial charge on any atom is 0.262 e. The molecule has 26 heavy (non-hydrogen) atoms. The second-order valence-corrected chi connectivity index (χ2v) is 6.33. The van der Waals surface area contributed by atoms with Crippen molar-refractivity contribution in [3.63, 3.8) is 0 Å². The highest BCUT2D eigenvalue weighted by Gasteiger charge is 2.09. The average molecular weight is 371 g/mol. The van der Waals surface area contributed by atoms with Crippen molar-refractivity contribution in [2.45, 2.75) is 20.4 Å². The number of amides is 1. The molecule has 0 aliphatic heterocycles. The number of halogens is 1. The molecule has 5 nitrogen and oxygen atoms in total. The number of carbonyl (C=O) groups excluding carboxylic acids is 1. The molecule has 6 heteroatoms. The van der Waals surface area contributed by atoms with Gasteiger partial charge in [-0.3, -0.25) is 9.59 Å². The van der Waals surface area contributed by atoms with E-state index in [0.717, 1.165) is 5.56 Å². The molecule has 0 fully saturated rings. The van der Waals surface area contributed by atoms with Crippen LogP contribution in [0.1, 0.15) is 12.5 Å². The highest BCUT2D eigenvalue weighted by atomic mass is 35.5. The van der Waals surface area contributed by atoms with E-state index in [2.05, 4.69) is 5.32 Å². The van der Waals surface area contributed by atoms with Crippen molar-refractivity contribution in [2.75, 3.05) is 11.9 Å². The van der Waals surface area contributed by atoms with E-state index in [1.165, 1.54) is 0 Å². The van der Waals surface area contributed by atoms with Crippen LogP contribution in [-0.4, -0.2) is 17.1 Å². The Kier molecular flexibility index (Phi) is 5.28. The van der Waals surface area contributed by atoms with Crippen LogP contribution in [-0.2, 0) is 11.3 Å². The fourth-order valence-corrected chi connectivity index (χ4v) is 2.86. The average Bonchev–Trinajstić information content (AvgIpc) is 2.63. The molecule has 2 aromatic carbocycles. The minimum atomic E-state index is -0.302. The van der Waals surface area contributed by atoms with Gasteiger partial charge in [0.05, 0.1) is 5.39 Å². The molecule has 0 radical (unpaired) electrons. The maximum absolute atomic E-state index is 12.4. The van der Waals surface area contributed by atoms with Gasteiger partial charge in [0.2, 0.25) is 0 Å². The van der Waals surface area contributed by atoms with Crippen LogP contribution in [0.25, 0.3) is 10.8 Å². The van der Waals surface area contributed by atoms with Crippen LogP contribution in [0.3, 0.4) is 0 Å². The molecular formula is C20H19ClN2O3. The summed E-state index contributed by atoms with van der Waals surface area (Å²) in [5, 5.41) is 4.59. The smallest absolute Gasteiger partial charge is 0.262 e. The number of anilines is 1. The quantitative estimate of drug-likeness (QED) is 0.738. The molecule has 134 valence electrons. The van der Waals surface area contributed by atoms with Crippen molar-refractivity contribution >= 4 is 34.0 Å². The van der Waals surface area contributed by atoms with Crippen molar-refractivity contribution in [3.05, 3.63) is 69.6 Å². The summed E-state index contributed by atoms with van der Waals surface area (Å²) < 4.78 is 7.27. The van der Waals surface area contributed by atoms with Gasteiger partial charge in [0, 0.05) is 28.8 Å². The zero-order valence-corrected chi connectivity index (χ0v) is 15.3. The summed E-state index contributed by atoms with van der Waals surface area (Å²) in [6.07, 6.45) is 1.73. The second-order valence-electron chi connectivity index (χ2n) is 5.93. The van der Waals surface area contributed by atoms with Gasteiger partial charge < -0.3 is 14.6 Å². The molecule has 0 atom stereocenters. The zero-order valence-electron chi connectivity index (χ0n) is 14.6. The lowest BCUT2D eigenvalue weighted by molar-refractivity contribution is -0.118. The van der Waals surface area contributed by atoms with Gasteiger partial charge >= 0.3 is 0 Å². The first-order valence-corrected chi connectivity index (χ1v) is 8.68. The van der Waals surface area contributed by atoms with Gasteiger partial charge in [-0.2, -0.15) is 0 Å². The summed E-state index contributed by atoms with van der Waals surface area (Å²) in [6.45, 7) is 4.24. The first-order chi connectivity index (χ1) is 12.5. The molecule has 0 saturated carbocycles. The van der Waals surface area contributed by atoms with Crippen molar-refractivity contribution in [3.8, 4) is 5.75 Å². The summed E-state index contributed by atoms with van der Waals surface area (Å²) in [4.78, 5) is 24.5. The summed E-state index contributed by atoms with van der Waals surface area (Å²) >= 11 is 6.06. The Labute approximate surface area is 156 Å². The number of hydrogen-bond donors (Lipinski definition) is 1. The third-order valence-corrected chi connectivity index (χ3v) is 4.54. The molecule has 0 unspecified atom stereocenters. The molecule has 0 bridgehead atoms. The van der Waals surface area contributed by atoms with Crippen LogP contribution < -0.4 is 15.6 Å². The van der Waals surface area contributed by atoms with Crippen LogP contribution in [0.4, 0.5) is 5.69 Å². The molecule has 1 aromatic heterocycles. The fraction of sp³-hybridized carbons (Fsp3) is 0.200. The highest BCUT2D eigenvalue weighted by Crippen LogP contribution is 2.23. The number of fused-ring (bicyclic) bond motifs is 1. The van der Waals surface area contributed by atoms with E-state index in [-0.39, 0.29) is 18.1 Å². The third kappa shape index (κ3) is 3.73. The van der Waals surface area contributed by atoms with Gasteiger partial charge in [-0.05, 0) is 49.7 Å². The molecule has 1 heterocycles. The van der Waals surface area contributed by atoms with E-state index >= 15 is 0 Å². The zero-order chi connectivity index (χ0) is 18.7. The SMILES string of the molecule is CCn1ccc2c(OCC(=O)Nc3ccc(C)c(Cl)c3)cccc2c1=O. The Hall–Kier alpha value is -2.79. The summed E-state index contributed by atoms with van der Waals surface area (Å²) in [7, 11) is 0. The molecule has 1 amide bonds. The van der Waals surface area contributed by atoms with Crippen molar-refractivity contribution in [1.82, 2.24) is 4.57 Å². The van der Waals surface area contributed by atoms with E-state index in [9.17, 15) is 9.59 Å². The predicted molar refractivity (Wildman–Crippen MR) is 104 cm³/mol. The summed E-state index contributed by atoms with van der Waals surface area (Å²) in [5.41, 5.74) is 1.47. The van der Waals surface area contributed by atoms with Crippen LogP contribution >= 0.6 is 11.6 Å². The van der Waals surface area contributed by atoms with Gasteiger partial charge in [0.1, 0.15) is 5.75 Å².